The van der Waals surface area contributed by atoms with Crippen LogP contribution >= 0.6 is 0 Å². The lowest BCUT2D eigenvalue weighted by Gasteiger charge is -2.36. The van der Waals surface area contributed by atoms with Crippen molar-refractivity contribution < 1.29 is 9.84 Å². The van der Waals surface area contributed by atoms with Crippen LogP contribution in [0, 0.1) is 0 Å². The van der Waals surface area contributed by atoms with Gasteiger partial charge in [-0.05, 0) is 35.7 Å². The summed E-state index contributed by atoms with van der Waals surface area (Å²) >= 11 is 0. The zero-order valence-electron chi connectivity index (χ0n) is 19.3. The van der Waals surface area contributed by atoms with E-state index < -0.39 is 6.10 Å². The number of ether oxygens (including phenoxy) is 1. The molecule has 1 saturated heterocycles. The second-order valence-corrected chi connectivity index (χ2v) is 8.66. The first-order valence-electron chi connectivity index (χ1n) is 11.6. The van der Waals surface area contributed by atoms with Crippen molar-refractivity contribution in [3.05, 3.63) is 84.3 Å². The maximum atomic E-state index is 10.8. The summed E-state index contributed by atoms with van der Waals surface area (Å²) in [5.74, 6) is 1.52. The number of nitrogens with one attached hydrogen (secondary N) is 2. The van der Waals surface area contributed by atoms with Crippen LogP contribution in [0.25, 0.3) is 5.52 Å². The minimum absolute atomic E-state index is 0.0934. The Morgan fingerprint density at radius 2 is 2.00 bits per heavy atom. The quantitative estimate of drug-likeness (QED) is 0.374. The van der Waals surface area contributed by atoms with Gasteiger partial charge in [-0.2, -0.15) is 5.10 Å². The molecule has 2 aromatic heterocycles. The second-order valence-electron chi connectivity index (χ2n) is 8.66. The third-order valence-electron chi connectivity index (χ3n) is 6.34. The number of aromatic nitrogens is 3. The highest BCUT2D eigenvalue weighted by atomic mass is 16.5. The van der Waals surface area contributed by atoms with Crippen molar-refractivity contribution in [1.29, 1.82) is 0 Å². The molecule has 0 unspecified atom stereocenters. The monoisotopic (exact) mass is 458 g/mol. The van der Waals surface area contributed by atoms with E-state index in [4.69, 9.17) is 4.74 Å². The molecule has 1 aliphatic rings. The summed E-state index contributed by atoms with van der Waals surface area (Å²) in [6, 6.07) is 20.2. The van der Waals surface area contributed by atoms with Crippen LogP contribution in [0.1, 0.15) is 17.5 Å². The maximum Gasteiger partial charge on any atom is 0.158 e. The van der Waals surface area contributed by atoms with E-state index in [0.717, 1.165) is 54.4 Å². The third-order valence-corrected chi connectivity index (χ3v) is 6.34. The van der Waals surface area contributed by atoms with E-state index in [1.165, 1.54) is 5.56 Å². The average Bonchev–Trinajstić information content (AvgIpc) is 3.28. The Bertz CT molecular complexity index is 1230. The molecule has 3 N–H and O–H groups in total. The van der Waals surface area contributed by atoms with Crippen LogP contribution in [0.3, 0.4) is 0 Å². The van der Waals surface area contributed by atoms with Crippen LogP contribution in [-0.2, 0) is 13.1 Å². The van der Waals surface area contributed by atoms with Gasteiger partial charge in [0, 0.05) is 50.2 Å². The van der Waals surface area contributed by atoms with Gasteiger partial charge < -0.3 is 20.5 Å². The van der Waals surface area contributed by atoms with Gasteiger partial charge in [-0.15, -0.1) is 0 Å². The van der Waals surface area contributed by atoms with Crippen LogP contribution in [0.4, 0.5) is 11.5 Å². The fourth-order valence-corrected chi connectivity index (χ4v) is 4.54. The molecule has 0 bridgehead atoms. The van der Waals surface area contributed by atoms with Gasteiger partial charge in [0.1, 0.15) is 17.6 Å². The van der Waals surface area contributed by atoms with Crippen molar-refractivity contribution in [2.24, 2.45) is 0 Å². The fourth-order valence-electron chi connectivity index (χ4n) is 4.54. The van der Waals surface area contributed by atoms with Gasteiger partial charge in [0.15, 0.2) is 5.82 Å². The zero-order chi connectivity index (χ0) is 23.3. The van der Waals surface area contributed by atoms with E-state index in [2.05, 4.69) is 43.8 Å². The predicted molar refractivity (Wildman–Crippen MR) is 132 cm³/mol. The van der Waals surface area contributed by atoms with Crippen molar-refractivity contribution in [3.8, 4) is 5.75 Å². The highest BCUT2D eigenvalue weighted by Gasteiger charge is 2.28. The lowest BCUT2D eigenvalue weighted by atomic mass is 10.0. The van der Waals surface area contributed by atoms with Crippen molar-refractivity contribution in [2.45, 2.75) is 31.7 Å². The predicted octanol–water partition coefficient (Wildman–Crippen LogP) is 3.21. The Morgan fingerprint density at radius 3 is 2.82 bits per heavy atom. The molecular weight excluding hydrogens is 428 g/mol. The molecule has 3 heterocycles. The highest BCUT2D eigenvalue weighted by Crippen LogP contribution is 2.26. The molecule has 34 heavy (non-hydrogen) atoms. The van der Waals surface area contributed by atoms with Crippen LogP contribution < -0.4 is 15.4 Å². The molecule has 1 fully saturated rings. The SMILES string of the molecule is COc1cccc(Nc2ncnn3ccc(CN4CC[C@@H](NCc5ccccc5)[C@H](O)C4)c23)c1. The number of likely N-dealkylation sites (tertiary alicyclic amines) is 1. The lowest BCUT2D eigenvalue weighted by Crippen LogP contribution is -2.52. The molecule has 0 spiro atoms. The Hall–Kier alpha value is -3.46. The van der Waals surface area contributed by atoms with Gasteiger partial charge in [0.25, 0.3) is 0 Å². The standard InChI is InChI=1S/C26H30N6O2/c1-34-22-9-5-8-21(14-22)30-26-25-20(10-13-32(25)29-18-28-26)16-31-12-11-23(24(33)17-31)27-15-19-6-3-2-4-7-19/h2-10,13-14,18,23-24,27,33H,11-12,15-17H2,1H3,(H,28,29,30)/t23-,24-/m1/s1. The molecule has 0 saturated carbocycles. The van der Waals surface area contributed by atoms with Crippen LogP contribution in [0.15, 0.2) is 73.2 Å². The molecule has 2 aromatic carbocycles. The summed E-state index contributed by atoms with van der Waals surface area (Å²) in [4.78, 5) is 6.80. The van der Waals surface area contributed by atoms with Gasteiger partial charge in [-0.3, -0.25) is 4.90 Å². The van der Waals surface area contributed by atoms with E-state index >= 15 is 0 Å². The topological polar surface area (TPSA) is 87.0 Å². The number of hydrogen-bond acceptors (Lipinski definition) is 7. The third kappa shape index (κ3) is 5.04. The maximum absolute atomic E-state index is 10.8. The first kappa shape index (κ1) is 22.3. The molecule has 1 aliphatic heterocycles. The molecule has 0 radical (unpaired) electrons. The number of piperidine rings is 1. The van der Waals surface area contributed by atoms with Gasteiger partial charge in [0.05, 0.1) is 13.2 Å². The van der Waals surface area contributed by atoms with Crippen molar-refractivity contribution >= 4 is 17.0 Å². The average molecular weight is 459 g/mol. The lowest BCUT2D eigenvalue weighted by molar-refractivity contribution is 0.0367. The van der Waals surface area contributed by atoms with Gasteiger partial charge >= 0.3 is 0 Å². The summed E-state index contributed by atoms with van der Waals surface area (Å²) in [5.41, 5.74) is 4.18. The van der Waals surface area contributed by atoms with E-state index in [1.54, 1.807) is 13.4 Å². The Morgan fingerprint density at radius 1 is 1.12 bits per heavy atom. The normalized spacial score (nSPS) is 18.8. The Labute approximate surface area is 199 Å². The number of aliphatic hydroxyl groups excluding tert-OH is 1. The molecule has 4 aromatic rings. The van der Waals surface area contributed by atoms with Crippen LogP contribution in [-0.4, -0.2) is 56.9 Å². The van der Waals surface area contributed by atoms with Gasteiger partial charge in [-0.1, -0.05) is 36.4 Å². The summed E-state index contributed by atoms with van der Waals surface area (Å²) in [5, 5.41) is 22.1. The van der Waals surface area contributed by atoms with Crippen LogP contribution in [0.2, 0.25) is 0 Å². The number of benzene rings is 2. The number of fused-ring (bicyclic) bond motifs is 1. The van der Waals surface area contributed by atoms with E-state index in [0.29, 0.717) is 6.54 Å². The minimum Gasteiger partial charge on any atom is -0.497 e. The summed E-state index contributed by atoms with van der Waals surface area (Å²) in [6.07, 6.45) is 3.98. The first-order chi connectivity index (χ1) is 16.7. The van der Waals surface area contributed by atoms with Crippen molar-refractivity contribution in [2.75, 3.05) is 25.5 Å². The molecule has 176 valence electrons. The molecule has 0 amide bonds. The number of β-amino-alcohol motifs (C(OH)–C–C–N with tert-alkyl or cyclic N) is 1. The van der Waals surface area contributed by atoms with Gasteiger partial charge in [-0.25, -0.2) is 9.50 Å². The van der Waals surface area contributed by atoms with E-state index in [9.17, 15) is 5.11 Å². The molecular formula is C26H30N6O2. The molecule has 8 nitrogen and oxygen atoms in total. The smallest absolute Gasteiger partial charge is 0.158 e. The van der Waals surface area contributed by atoms with Gasteiger partial charge in [0.2, 0.25) is 0 Å². The zero-order valence-corrected chi connectivity index (χ0v) is 19.3. The summed E-state index contributed by atoms with van der Waals surface area (Å²) in [6.45, 7) is 3.02. The Kier molecular flexibility index (Phi) is 6.71. The molecule has 2 atom stereocenters. The van der Waals surface area contributed by atoms with Crippen molar-refractivity contribution in [1.82, 2.24) is 24.8 Å². The number of nitrogens with zero attached hydrogens (tertiary/aromatic N) is 4. The Balaban J connectivity index is 1.26. The minimum atomic E-state index is -0.419. The highest BCUT2D eigenvalue weighted by molar-refractivity contribution is 5.76. The van der Waals surface area contributed by atoms with E-state index in [1.807, 2.05) is 53.2 Å². The summed E-state index contributed by atoms with van der Waals surface area (Å²) < 4.78 is 7.18. The second kappa shape index (κ2) is 10.2. The van der Waals surface area contributed by atoms with E-state index in [-0.39, 0.29) is 6.04 Å². The molecule has 5 rings (SSSR count). The number of aliphatic hydroxyl groups is 1. The van der Waals surface area contributed by atoms with Crippen molar-refractivity contribution in [3.63, 3.8) is 0 Å². The summed E-state index contributed by atoms with van der Waals surface area (Å²) in [7, 11) is 1.65. The number of rotatable bonds is 8. The molecule has 0 aliphatic carbocycles. The first-order valence-corrected chi connectivity index (χ1v) is 11.6. The largest absolute Gasteiger partial charge is 0.497 e. The number of anilines is 2. The van der Waals surface area contributed by atoms with Crippen LogP contribution in [0.5, 0.6) is 5.75 Å². The fraction of sp³-hybridized carbons (Fsp3) is 0.308. The number of methoxy groups -OCH3 is 1. The number of hydrogen-bond donors (Lipinski definition) is 3. The molecule has 8 heteroatoms.